The highest BCUT2D eigenvalue weighted by Crippen LogP contribution is 2.05. The topological polar surface area (TPSA) is 89.9 Å². The second-order valence-electron chi connectivity index (χ2n) is 3.36. The Bertz CT molecular complexity index is 468. The van der Waals surface area contributed by atoms with E-state index in [1.807, 2.05) is 12.1 Å². The molecule has 0 bridgehead atoms. The fraction of sp³-hybridized carbons (Fsp3) is 0.300. The van der Waals surface area contributed by atoms with Gasteiger partial charge in [-0.05, 0) is 19.1 Å². The number of rotatable bonds is 4. The first-order chi connectivity index (χ1) is 7.74. The molecule has 2 aromatic rings. The van der Waals surface area contributed by atoms with Crippen LogP contribution in [0, 0.1) is 6.92 Å². The highest BCUT2D eigenvalue weighted by molar-refractivity contribution is 5.42. The van der Waals surface area contributed by atoms with E-state index in [1.165, 1.54) is 0 Å². The Hall–Kier alpha value is -2.11. The summed E-state index contributed by atoms with van der Waals surface area (Å²) in [6.07, 6.45) is 0.664. The molecule has 0 aliphatic rings. The van der Waals surface area contributed by atoms with Gasteiger partial charge in [0.2, 0.25) is 5.89 Å². The highest BCUT2D eigenvalue weighted by Gasteiger charge is 2.02. The standard InChI is InChI=1S/C10H13N5O/c1-7-13-10(16-15-7)5-6-12-9-4-2-3-8(11)14-9/h2-4H,5-6H2,1H3,(H3,11,12,14). The minimum atomic E-state index is 0.499. The number of nitrogens with one attached hydrogen (secondary N) is 1. The summed E-state index contributed by atoms with van der Waals surface area (Å²) in [5.74, 6) is 2.51. The van der Waals surface area contributed by atoms with Gasteiger partial charge in [0.25, 0.3) is 0 Å². The second-order valence-corrected chi connectivity index (χ2v) is 3.36. The minimum Gasteiger partial charge on any atom is -0.384 e. The Morgan fingerprint density at radius 3 is 2.94 bits per heavy atom. The Morgan fingerprint density at radius 2 is 2.25 bits per heavy atom. The Labute approximate surface area is 92.9 Å². The van der Waals surface area contributed by atoms with Crippen LogP contribution in [0.5, 0.6) is 0 Å². The quantitative estimate of drug-likeness (QED) is 0.797. The summed E-state index contributed by atoms with van der Waals surface area (Å²) < 4.78 is 4.98. The van der Waals surface area contributed by atoms with Crippen molar-refractivity contribution >= 4 is 11.6 Å². The van der Waals surface area contributed by atoms with Crippen LogP contribution in [0.3, 0.4) is 0 Å². The molecule has 0 saturated carbocycles. The average Bonchev–Trinajstić information content (AvgIpc) is 2.64. The van der Waals surface area contributed by atoms with Crippen molar-refractivity contribution in [2.24, 2.45) is 0 Å². The maximum Gasteiger partial charge on any atom is 0.228 e. The lowest BCUT2D eigenvalue weighted by atomic mass is 10.4. The zero-order chi connectivity index (χ0) is 11.4. The van der Waals surface area contributed by atoms with Crippen molar-refractivity contribution in [3.8, 4) is 0 Å². The number of hydrogen-bond donors (Lipinski definition) is 2. The Kier molecular flexibility index (Phi) is 3.00. The molecule has 6 heteroatoms. The lowest BCUT2D eigenvalue weighted by molar-refractivity contribution is 0.377. The number of pyridine rings is 1. The predicted molar refractivity (Wildman–Crippen MR) is 59.9 cm³/mol. The van der Waals surface area contributed by atoms with E-state index in [9.17, 15) is 0 Å². The van der Waals surface area contributed by atoms with Gasteiger partial charge >= 0.3 is 0 Å². The van der Waals surface area contributed by atoms with Crippen LogP contribution < -0.4 is 11.1 Å². The van der Waals surface area contributed by atoms with Crippen molar-refractivity contribution in [3.63, 3.8) is 0 Å². The van der Waals surface area contributed by atoms with Crippen LogP contribution in [0.25, 0.3) is 0 Å². The van der Waals surface area contributed by atoms with Crippen LogP contribution >= 0.6 is 0 Å². The molecule has 0 spiro atoms. The van der Waals surface area contributed by atoms with Crippen LogP contribution in [0.1, 0.15) is 11.7 Å². The molecule has 2 rings (SSSR count). The van der Waals surface area contributed by atoms with E-state index in [2.05, 4.69) is 20.4 Å². The van der Waals surface area contributed by atoms with Crippen LogP contribution in [0.15, 0.2) is 22.7 Å². The van der Waals surface area contributed by atoms with E-state index in [1.54, 1.807) is 13.0 Å². The zero-order valence-corrected chi connectivity index (χ0v) is 8.97. The van der Waals surface area contributed by atoms with Crippen molar-refractivity contribution in [1.29, 1.82) is 0 Å². The third-order valence-corrected chi connectivity index (χ3v) is 1.99. The fourth-order valence-electron chi connectivity index (χ4n) is 1.29. The molecule has 0 aliphatic heterocycles. The molecule has 84 valence electrons. The highest BCUT2D eigenvalue weighted by atomic mass is 16.5. The number of anilines is 2. The second kappa shape index (κ2) is 4.61. The van der Waals surface area contributed by atoms with Gasteiger partial charge in [-0.3, -0.25) is 0 Å². The van der Waals surface area contributed by atoms with Crippen molar-refractivity contribution in [2.75, 3.05) is 17.6 Å². The molecule has 3 N–H and O–H groups in total. The number of aryl methyl sites for hydroxylation is 1. The van der Waals surface area contributed by atoms with Gasteiger partial charge in [-0.15, -0.1) is 0 Å². The lowest BCUT2D eigenvalue weighted by Crippen LogP contribution is -2.07. The predicted octanol–water partition coefficient (Wildman–Crippen LogP) is 1.01. The molecule has 2 aromatic heterocycles. The van der Waals surface area contributed by atoms with E-state index in [-0.39, 0.29) is 0 Å². The first kappa shape index (κ1) is 10.4. The van der Waals surface area contributed by atoms with Gasteiger partial charge in [0.1, 0.15) is 11.6 Å². The fourth-order valence-corrected chi connectivity index (χ4v) is 1.29. The third kappa shape index (κ3) is 2.69. The Morgan fingerprint density at radius 1 is 1.38 bits per heavy atom. The van der Waals surface area contributed by atoms with E-state index in [0.29, 0.717) is 30.5 Å². The van der Waals surface area contributed by atoms with Gasteiger partial charge in [0.15, 0.2) is 5.82 Å². The lowest BCUT2D eigenvalue weighted by Gasteiger charge is -2.03. The summed E-state index contributed by atoms with van der Waals surface area (Å²) in [5, 5.41) is 6.83. The average molecular weight is 219 g/mol. The van der Waals surface area contributed by atoms with E-state index in [0.717, 1.165) is 5.82 Å². The molecule has 16 heavy (non-hydrogen) atoms. The molecular weight excluding hydrogens is 206 g/mol. The number of hydrogen-bond acceptors (Lipinski definition) is 6. The van der Waals surface area contributed by atoms with Crippen LogP contribution in [-0.2, 0) is 6.42 Å². The molecule has 0 aliphatic carbocycles. The molecule has 2 heterocycles. The summed E-state index contributed by atoms with van der Waals surface area (Å²) in [4.78, 5) is 8.21. The molecular formula is C10H13N5O. The van der Waals surface area contributed by atoms with Gasteiger partial charge in [-0.1, -0.05) is 11.2 Å². The Balaban J connectivity index is 1.84. The van der Waals surface area contributed by atoms with Crippen molar-refractivity contribution < 1.29 is 4.52 Å². The van der Waals surface area contributed by atoms with E-state index >= 15 is 0 Å². The van der Waals surface area contributed by atoms with Gasteiger partial charge < -0.3 is 15.6 Å². The summed E-state index contributed by atoms with van der Waals surface area (Å²) in [6.45, 7) is 2.47. The largest absolute Gasteiger partial charge is 0.384 e. The van der Waals surface area contributed by atoms with Crippen molar-refractivity contribution in [2.45, 2.75) is 13.3 Å². The first-order valence-electron chi connectivity index (χ1n) is 4.99. The summed E-state index contributed by atoms with van der Waals surface area (Å²) in [7, 11) is 0. The molecule has 0 amide bonds. The van der Waals surface area contributed by atoms with Crippen molar-refractivity contribution in [3.05, 3.63) is 29.9 Å². The molecule has 0 fully saturated rings. The molecule has 0 saturated heterocycles. The van der Waals surface area contributed by atoms with Crippen LogP contribution in [0.2, 0.25) is 0 Å². The normalized spacial score (nSPS) is 10.3. The summed E-state index contributed by atoms with van der Waals surface area (Å²) >= 11 is 0. The number of nitrogens with zero attached hydrogens (tertiary/aromatic N) is 3. The number of aromatic nitrogens is 3. The smallest absolute Gasteiger partial charge is 0.228 e. The third-order valence-electron chi connectivity index (χ3n) is 1.99. The number of nitrogens with two attached hydrogens (primary N) is 1. The van der Waals surface area contributed by atoms with Crippen LogP contribution in [-0.4, -0.2) is 21.7 Å². The van der Waals surface area contributed by atoms with Gasteiger partial charge in [0.05, 0.1) is 0 Å². The molecule has 0 radical (unpaired) electrons. The first-order valence-corrected chi connectivity index (χ1v) is 4.99. The maximum atomic E-state index is 5.55. The van der Waals surface area contributed by atoms with Crippen LogP contribution in [0.4, 0.5) is 11.6 Å². The van der Waals surface area contributed by atoms with Gasteiger partial charge in [-0.2, -0.15) is 4.98 Å². The van der Waals surface area contributed by atoms with Gasteiger partial charge in [-0.25, -0.2) is 4.98 Å². The summed E-state index contributed by atoms with van der Waals surface area (Å²) in [5.41, 5.74) is 5.55. The molecule has 0 unspecified atom stereocenters. The molecule has 0 aromatic carbocycles. The zero-order valence-electron chi connectivity index (χ0n) is 8.97. The maximum absolute atomic E-state index is 5.55. The van der Waals surface area contributed by atoms with Crippen molar-refractivity contribution in [1.82, 2.24) is 15.1 Å². The van der Waals surface area contributed by atoms with Gasteiger partial charge in [0, 0.05) is 13.0 Å². The molecule has 0 atom stereocenters. The number of nitrogen functional groups attached to an aromatic ring is 1. The molecule has 6 nitrogen and oxygen atoms in total. The SMILES string of the molecule is Cc1noc(CCNc2cccc(N)n2)n1. The monoisotopic (exact) mass is 219 g/mol. The summed E-state index contributed by atoms with van der Waals surface area (Å²) in [6, 6.07) is 5.45. The van der Waals surface area contributed by atoms with E-state index < -0.39 is 0 Å². The van der Waals surface area contributed by atoms with E-state index in [4.69, 9.17) is 10.3 Å². The minimum absolute atomic E-state index is 0.499.